The largest absolute Gasteiger partial charge is 0.481 e. The van der Waals surface area contributed by atoms with E-state index in [-0.39, 0.29) is 19.0 Å². The molecule has 0 aliphatic heterocycles. The average molecular weight is 294 g/mol. The molecule has 3 N–H and O–H groups in total. The van der Waals surface area contributed by atoms with Gasteiger partial charge in [-0.15, -0.1) is 0 Å². The lowest BCUT2D eigenvalue weighted by Gasteiger charge is -2.15. The van der Waals surface area contributed by atoms with Crippen LogP contribution in [0.2, 0.25) is 0 Å². The molecule has 0 aliphatic carbocycles. The number of rotatable bonds is 7. The molecule has 1 aromatic heterocycles. The van der Waals surface area contributed by atoms with E-state index in [2.05, 4.69) is 20.6 Å². The van der Waals surface area contributed by atoms with Crippen LogP contribution in [0.25, 0.3) is 0 Å². The van der Waals surface area contributed by atoms with Gasteiger partial charge in [-0.25, -0.2) is 14.8 Å². The standard InChI is InChI=1S/C14H22N4O3/c1-9(2)6-11(13(19)20)7-16-14(21)17-8-12-4-5-15-10(3)18-12/h4-5,9,11H,6-8H2,1-3H3,(H,19,20)(H2,16,17,21). The van der Waals surface area contributed by atoms with E-state index in [1.54, 1.807) is 19.2 Å². The quantitative estimate of drug-likeness (QED) is 0.703. The summed E-state index contributed by atoms with van der Waals surface area (Å²) in [6.07, 6.45) is 2.15. The third kappa shape index (κ3) is 6.69. The smallest absolute Gasteiger partial charge is 0.315 e. The lowest BCUT2D eigenvalue weighted by molar-refractivity contribution is -0.142. The summed E-state index contributed by atoms with van der Waals surface area (Å²) >= 11 is 0. The van der Waals surface area contributed by atoms with Crippen LogP contribution in [-0.4, -0.2) is 33.6 Å². The number of carboxylic acids is 1. The van der Waals surface area contributed by atoms with E-state index in [4.69, 9.17) is 5.11 Å². The first kappa shape index (κ1) is 16.9. The Morgan fingerprint density at radius 2 is 2.05 bits per heavy atom. The van der Waals surface area contributed by atoms with E-state index in [0.29, 0.717) is 17.9 Å². The maximum absolute atomic E-state index is 11.7. The number of carbonyl (C=O) groups is 2. The van der Waals surface area contributed by atoms with E-state index in [9.17, 15) is 9.59 Å². The van der Waals surface area contributed by atoms with Crippen molar-refractivity contribution in [2.24, 2.45) is 11.8 Å². The Kier molecular flexibility index (Phi) is 6.58. The van der Waals surface area contributed by atoms with Crippen LogP contribution in [0.4, 0.5) is 4.79 Å². The molecule has 2 amide bonds. The van der Waals surface area contributed by atoms with Crippen molar-refractivity contribution in [2.75, 3.05) is 6.54 Å². The van der Waals surface area contributed by atoms with E-state index in [0.717, 1.165) is 0 Å². The Hall–Kier alpha value is -2.18. The van der Waals surface area contributed by atoms with Gasteiger partial charge in [-0.3, -0.25) is 4.79 Å². The number of carbonyl (C=O) groups excluding carboxylic acids is 1. The van der Waals surface area contributed by atoms with Gasteiger partial charge in [0.15, 0.2) is 0 Å². The van der Waals surface area contributed by atoms with Crippen LogP contribution in [0.3, 0.4) is 0 Å². The summed E-state index contributed by atoms with van der Waals surface area (Å²) in [5.41, 5.74) is 0.703. The van der Waals surface area contributed by atoms with E-state index >= 15 is 0 Å². The molecule has 0 spiro atoms. The molecule has 0 aliphatic rings. The molecular formula is C14H22N4O3. The summed E-state index contributed by atoms with van der Waals surface area (Å²) in [6.45, 7) is 6.06. The number of hydrogen-bond acceptors (Lipinski definition) is 4. The predicted octanol–water partition coefficient (Wildman–Crippen LogP) is 1.33. The van der Waals surface area contributed by atoms with Gasteiger partial charge in [0.1, 0.15) is 5.82 Å². The highest BCUT2D eigenvalue weighted by molar-refractivity contribution is 5.75. The molecule has 1 atom stereocenters. The molecule has 1 aromatic rings. The zero-order valence-electron chi connectivity index (χ0n) is 12.6. The topological polar surface area (TPSA) is 104 Å². The monoisotopic (exact) mass is 294 g/mol. The van der Waals surface area contributed by atoms with Gasteiger partial charge in [0, 0.05) is 12.7 Å². The summed E-state index contributed by atoms with van der Waals surface area (Å²) in [4.78, 5) is 30.9. The average Bonchev–Trinajstić information content (AvgIpc) is 2.40. The third-order valence-electron chi connectivity index (χ3n) is 2.88. The Balaban J connectivity index is 2.37. The molecule has 0 radical (unpaired) electrons. The number of aromatic nitrogens is 2. The van der Waals surface area contributed by atoms with E-state index < -0.39 is 17.9 Å². The first-order valence-corrected chi connectivity index (χ1v) is 6.91. The van der Waals surface area contributed by atoms with Crippen LogP contribution in [0.15, 0.2) is 12.3 Å². The van der Waals surface area contributed by atoms with Gasteiger partial charge in [0.05, 0.1) is 18.2 Å². The highest BCUT2D eigenvalue weighted by Gasteiger charge is 2.19. The molecule has 0 bridgehead atoms. The Morgan fingerprint density at radius 1 is 1.33 bits per heavy atom. The van der Waals surface area contributed by atoms with Crippen LogP contribution >= 0.6 is 0 Å². The maximum Gasteiger partial charge on any atom is 0.315 e. The number of carboxylic acid groups (broad SMARTS) is 1. The minimum atomic E-state index is -0.893. The number of nitrogens with one attached hydrogen (secondary N) is 2. The van der Waals surface area contributed by atoms with Crippen molar-refractivity contribution in [3.8, 4) is 0 Å². The minimum absolute atomic E-state index is 0.113. The van der Waals surface area contributed by atoms with Crippen LogP contribution in [0.1, 0.15) is 31.8 Å². The van der Waals surface area contributed by atoms with Gasteiger partial charge < -0.3 is 15.7 Å². The summed E-state index contributed by atoms with van der Waals surface area (Å²) in [6, 6.07) is 1.31. The molecule has 1 unspecified atom stereocenters. The van der Waals surface area contributed by atoms with Crippen molar-refractivity contribution in [1.29, 1.82) is 0 Å². The van der Waals surface area contributed by atoms with Crippen molar-refractivity contribution in [3.05, 3.63) is 23.8 Å². The summed E-state index contributed by atoms with van der Waals surface area (Å²) in [7, 11) is 0. The van der Waals surface area contributed by atoms with E-state index in [1.807, 2.05) is 13.8 Å². The van der Waals surface area contributed by atoms with Gasteiger partial charge >= 0.3 is 12.0 Å². The normalized spacial score (nSPS) is 12.0. The Labute approximate surface area is 124 Å². The van der Waals surface area contributed by atoms with Crippen molar-refractivity contribution in [3.63, 3.8) is 0 Å². The van der Waals surface area contributed by atoms with Gasteiger partial charge in [-0.2, -0.15) is 0 Å². The lowest BCUT2D eigenvalue weighted by Crippen LogP contribution is -2.40. The molecule has 0 aromatic carbocycles. The lowest BCUT2D eigenvalue weighted by atomic mass is 9.97. The van der Waals surface area contributed by atoms with Crippen molar-refractivity contribution in [2.45, 2.75) is 33.7 Å². The Bertz CT molecular complexity index is 491. The molecular weight excluding hydrogens is 272 g/mol. The first-order chi connectivity index (χ1) is 9.88. The first-order valence-electron chi connectivity index (χ1n) is 6.91. The van der Waals surface area contributed by atoms with Crippen molar-refractivity contribution < 1.29 is 14.7 Å². The second kappa shape index (κ2) is 8.18. The Morgan fingerprint density at radius 3 is 2.62 bits per heavy atom. The van der Waals surface area contributed by atoms with Crippen LogP contribution < -0.4 is 10.6 Å². The number of aliphatic carboxylic acids is 1. The summed E-state index contributed by atoms with van der Waals surface area (Å²) < 4.78 is 0. The number of urea groups is 1. The third-order valence-corrected chi connectivity index (χ3v) is 2.88. The zero-order chi connectivity index (χ0) is 15.8. The summed E-state index contributed by atoms with van der Waals surface area (Å²) in [5, 5.41) is 14.3. The van der Waals surface area contributed by atoms with Crippen molar-refractivity contribution in [1.82, 2.24) is 20.6 Å². The van der Waals surface area contributed by atoms with Crippen molar-refractivity contribution >= 4 is 12.0 Å². The molecule has 0 saturated heterocycles. The van der Waals surface area contributed by atoms with Gasteiger partial charge in [0.2, 0.25) is 0 Å². The number of hydrogen-bond donors (Lipinski definition) is 3. The highest BCUT2D eigenvalue weighted by Crippen LogP contribution is 2.10. The number of nitrogens with zero attached hydrogens (tertiary/aromatic N) is 2. The fourth-order valence-electron chi connectivity index (χ4n) is 1.89. The maximum atomic E-state index is 11.7. The minimum Gasteiger partial charge on any atom is -0.481 e. The second-order valence-electron chi connectivity index (χ2n) is 5.32. The zero-order valence-corrected chi connectivity index (χ0v) is 12.6. The van der Waals surface area contributed by atoms with Gasteiger partial charge in [-0.1, -0.05) is 13.8 Å². The molecule has 21 heavy (non-hydrogen) atoms. The molecule has 1 heterocycles. The number of aryl methyl sites for hydroxylation is 1. The fraction of sp³-hybridized carbons (Fsp3) is 0.571. The molecule has 7 nitrogen and oxygen atoms in total. The SMILES string of the molecule is Cc1nccc(CNC(=O)NCC(CC(C)C)C(=O)O)n1. The van der Waals surface area contributed by atoms with E-state index in [1.165, 1.54) is 0 Å². The molecule has 0 fully saturated rings. The highest BCUT2D eigenvalue weighted by atomic mass is 16.4. The second-order valence-corrected chi connectivity index (χ2v) is 5.32. The predicted molar refractivity (Wildman–Crippen MR) is 77.6 cm³/mol. The van der Waals surface area contributed by atoms with Gasteiger partial charge in [0.25, 0.3) is 0 Å². The van der Waals surface area contributed by atoms with Gasteiger partial charge in [-0.05, 0) is 25.3 Å². The molecule has 7 heteroatoms. The molecule has 0 saturated carbocycles. The van der Waals surface area contributed by atoms with Crippen LogP contribution in [-0.2, 0) is 11.3 Å². The molecule has 1 rings (SSSR count). The van der Waals surface area contributed by atoms with Crippen LogP contribution in [0, 0.1) is 18.8 Å². The van der Waals surface area contributed by atoms with Crippen LogP contribution in [0.5, 0.6) is 0 Å². The fourth-order valence-corrected chi connectivity index (χ4v) is 1.89. The molecule has 116 valence electrons. The summed E-state index contributed by atoms with van der Waals surface area (Å²) in [5.74, 6) is -0.565. The number of amides is 2.